The number of allylic oxidation sites excluding steroid dienone is 1. The fourth-order valence-corrected chi connectivity index (χ4v) is 3.72. The zero-order chi connectivity index (χ0) is 23.0. The fourth-order valence-electron chi connectivity index (χ4n) is 3.72. The number of ketones is 1. The molecule has 0 spiro atoms. The molecule has 3 aromatic carbocycles. The summed E-state index contributed by atoms with van der Waals surface area (Å²) in [5.74, 6) is 0.379. The van der Waals surface area contributed by atoms with Crippen LogP contribution in [0, 0.1) is 13.8 Å². The van der Waals surface area contributed by atoms with Gasteiger partial charge in [0.15, 0.2) is 5.76 Å². The highest BCUT2D eigenvalue weighted by molar-refractivity contribution is 6.15. The largest absolute Gasteiger partial charge is 0.452 e. The van der Waals surface area contributed by atoms with Gasteiger partial charge < -0.3 is 9.47 Å². The average molecular weight is 427 g/mol. The van der Waals surface area contributed by atoms with Crippen molar-refractivity contribution >= 4 is 17.8 Å². The normalized spacial score (nSPS) is 14.3. The summed E-state index contributed by atoms with van der Waals surface area (Å²) >= 11 is 0. The number of benzene rings is 3. The molecule has 4 nitrogen and oxygen atoms in total. The monoisotopic (exact) mass is 426 g/mol. The lowest BCUT2D eigenvalue weighted by molar-refractivity contribution is 0.0734. The topological polar surface area (TPSA) is 52.6 Å². The summed E-state index contributed by atoms with van der Waals surface area (Å²) in [6.07, 6.45) is 1.73. The molecule has 4 rings (SSSR count). The summed E-state index contributed by atoms with van der Waals surface area (Å²) in [4.78, 5) is 25.5. The molecule has 0 fully saturated rings. The second-order valence-corrected chi connectivity index (χ2v) is 9.18. The number of aryl methyl sites for hydroxylation is 2. The number of carbonyl (C=O) groups is 2. The molecule has 0 atom stereocenters. The van der Waals surface area contributed by atoms with Crippen molar-refractivity contribution in [3.05, 3.63) is 99.8 Å². The van der Waals surface area contributed by atoms with E-state index in [2.05, 4.69) is 20.8 Å². The second-order valence-electron chi connectivity index (χ2n) is 9.18. The number of rotatable bonds is 3. The van der Waals surface area contributed by atoms with Crippen molar-refractivity contribution in [2.24, 2.45) is 0 Å². The third kappa shape index (κ3) is 4.35. The minimum absolute atomic E-state index is 0.00702. The summed E-state index contributed by atoms with van der Waals surface area (Å²) in [6, 6.07) is 18.5. The smallest absolute Gasteiger partial charge is 0.343 e. The lowest BCUT2D eigenvalue weighted by Crippen LogP contribution is -2.13. The number of carbonyl (C=O) groups excluding carboxylic acids is 2. The van der Waals surface area contributed by atoms with Crippen molar-refractivity contribution in [1.29, 1.82) is 0 Å². The summed E-state index contributed by atoms with van der Waals surface area (Å²) < 4.78 is 11.4. The summed E-state index contributed by atoms with van der Waals surface area (Å²) in [6.45, 7) is 10.2. The van der Waals surface area contributed by atoms with Crippen LogP contribution >= 0.6 is 0 Å². The van der Waals surface area contributed by atoms with E-state index in [4.69, 9.17) is 9.47 Å². The quantitative estimate of drug-likeness (QED) is 0.275. The van der Waals surface area contributed by atoms with Crippen LogP contribution < -0.4 is 9.47 Å². The van der Waals surface area contributed by atoms with Gasteiger partial charge in [0, 0.05) is 6.07 Å². The van der Waals surface area contributed by atoms with E-state index in [-0.39, 0.29) is 17.0 Å². The van der Waals surface area contributed by atoms with Crippen molar-refractivity contribution in [1.82, 2.24) is 0 Å². The Morgan fingerprint density at radius 1 is 0.969 bits per heavy atom. The van der Waals surface area contributed by atoms with E-state index >= 15 is 0 Å². The third-order valence-corrected chi connectivity index (χ3v) is 5.48. The summed E-state index contributed by atoms with van der Waals surface area (Å²) in [7, 11) is 0. The SMILES string of the molecule is Cc1cccc(/C=C2\Oc3cc(OC(=O)c4ccc(C(C)(C)C)cc4)cc(C)c3C2=O)c1. The van der Waals surface area contributed by atoms with Crippen LogP contribution in [0.5, 0.6) is 11.5 Å². The molecule has 3 aromatic rings. The third-order valence-electron chi connectivity index (χ3n) is 5.48. The highest BCUT2D eigenvalue weighted by Gasteiger charge is 2.30. The molecule has 0 bridgehead atoms. The lowest BCUT2D eigenvalue weighted by Gasteiger charge is -2.18. The number of ether oxygens (including phenoxy) is 2. The molecule has 1 aliphatic heterocycles. The number of hydrogen-bond donors (Lipinski definition) is 0. The van der Waals surface area contributed by atoms with Crippen molar-refractivity contribution in [3.63, 3.8) is 0 Å². The molecule has 0 saturated heterocycles. The first-order valence-electron chi connectivity index (χ1n) is 10.6. The molecule has 0 unspecified atom stereocenters. The van der Waals surface area contributed by atoms with Gasteiger partial charge in [-0.05, 0) is 60.2 Å². The number of Topliss-reactive ketones (excluding diaryl/α,β-unsaturated/α-hetero) is 1. The van der Waals surface area contributed by atoms with Crippen molar-refractivity contribution < 1.29 is 19.1 Å². The van der Waals surface area contributed by atoms with E-state index in [0.717, 1.165) is 16.7 Å². The second kappa shape index (κ2) is 8.12. The molecule has 0 amide bonds. The summed E-state index contributed by atoms with van der Waals surface area (Å²) in [5.41, 5.74) is 4.81. The van der Waals surface area contributed by atoms with Gasteiger partial charge in [0.25, 0.3) is 0 Å². The zero-order valence-electron chi connectivity index (χ0n) is 19.0. The van der Waals surface area contributed by atoms with Crippen LogP contribution in [0.3, 0.4) is 0 Å². The van der Waals surface area contributed by atoms with E-state index in [1.165, 1.54) is 0 Å². The zero-order valence-corrected chi connectivity index (χ0v) is 19.0. The maximum absolute atomic E-state index is 12.9. The number of esters is 1. The molecular formula is C28H26O4. The Labute approximate surface area is 188 Å². The number of hydrogen-bond acceptors (Lipinski definition) is 4. The van der Waals surface area contributed by atoms with Crippen LogP contribution in [-0.2, 0) is 5.41 Å². The molecule has 1 aliphatic rings. The van der Waals surface area contributed by atoms with E-state index < -0.39 is 5.97 Å². The Morgan fingerprint density at radius 3 is 2.34 bits per heavy atom. The molecule has 0 radical (unpaired) electrons. The van der Waals surface area contributed by atoms with E-state index in [1.807, 2.05) is 50.2 Å². The Balaban J connectivity index is 1.56. The first-order chi connectivity index (χ1) is 15.1. The lowest BCUT2D eigenvalue weighted by atomic mass is 9.87. The van der Waals surface area contributed by atoms with Crippen LogP contribution in [0.4, 0.5) is 0 Å². The Morgan fingerprint density at radius 2 is 1.69 bits per heavy atom. The summed E-state index contributed by atoms with van der Waals surface area (Å²) in [5, 5.41) is 0. The first kappa shape index (κ1) is 21.6. The number of fused-ring (bicyclic) bond motifs is 1. The van der Waals surface area contributed by atoms with Gasteiger partial charge in [-0.15, -0.1) is 0 Å². The van der Waals surface area contributed by atoms with Gasteiger partial charge in [-0.25, -0.2) is 4.79 Å². The van der Waals surface area contributed by atoms with Crippen LogP contribution in [0.25, 0.3) is 6.08 Å². The van der Waals surface area contributed by atoms with Gasteiger partial charge in [0.1, 0.15) is 11.5 Å². The molecule has 4 heteroatoms. The predicted molar refractivity (Wildman–Crippen MR) is 125 cm³/mol. The van der Waals surface area contributed by atoms with Crippen LogP contribution in [0.15, 0.2) is 66.4 Å². The molecule has 0 aromatic heterocycles. The van der Waals surface area contributed by atoms with Gasteiger partial charge in [-0.2, -0.15) is 0 Å². The molecule has 0 aliphatic carbocycles. The fraction of sp³-hybridized carbons (Fsp3) is 0.214. The Hall–Kier alpha value is -3.66. The van der Waals surface area contributed by atoms with Gasteiger partial charge in [0.05, 0.1) is 11.1 Å². The Bertz CT molecular complexity index is 1240. The first-order valence-corrected chi connectivity index (χ1v) is 10.6. The predicted octanol–water partition coefficient (Wildman–Crippen LogP) is 6.44. The minimum atomic E-state index is -0.454. The molecular weight excluding hydrogens is 400 g/mol. The van der Waals surface area contributed by atoms with Gasteiger partial charge in [-0.3, -0.25) is 4.79 Å². The molecule has 0 N–H and O–H groups in total. The van der Waals surface area contributed by atoms with Crippen molar-refractivity contribution in [2.45, 2.75) is 40.0 Å². The minimum Gasteiger partial charge on any atom is -0.452 e. The van der Waals surface area contributed by atoms with Crippen LogP contribution in [0.2, 0.25) is 0 Å². The molecule has 0 saturated carbocycles. The Kier molecular flexibility index (Phi) is 5.47. The maximum Gasteiger partial charge on any atom is 0.343 e. The van der Waals surface area contributed by atoms with E-state index in [0.29, 0.717) is 28.2 Å². The van der Waals surface area contributed by atoms with Crippen molar-refractivity contribution in [2.75, 3.05) is 0 Å². The average Bonchev–Trinajstić information content (AvgIpc) is 3.03. The van der Waals surface area contributed by atoms with Gasteiger partial charge in [-0.1, -0.05) is 62.7 Å². The van der Waals surface area contributed by atoms with Gasteiger partial charge in [0.2, 0.25) is 5.78 Å². The van der Waals surface area contributed by atoms with Crippen molar-refractivity contribution in [3.8, 4) is 11.5 Å². The molecule has 162 valence electrons. The standard InChI is InChI=1S/C28H26O4/c1-17-7-6-8-19(13-17)15-24-26(29)25-18(2)14-22(16-23(25)32-24)31-27(30)20-9-11-21(12-10-20)28(3,4)5/h6-16H,1-5H3/b24-15-. The maximum atomic E-state index is 12.9. The van der Waals surface area contributed by atoms with E-state index in [1.54, 1.807) is 30.3 Å². The van der Waals surface area contributed by atoms with Crippen LogP contribution in [-0.4, -0.2) is 11.8 Å². The molecule has 32 heavy (non-hydrogen) atoms. The van der Waals surface area contributed by atoms with Gasteiger partial charge >= 0.3 is 5.97 Å². The van der Waals surface area contributed by atoms with E-state index in [9.17, 15) is 9.59 Å². The molecule has 1 heterocycles. The highest BCUT2D eigenvalue weighted by atomic mass is 16.5. The highest BCUT2D eigenvalue weighted by Crippen LogP contribution is 2.37. The van der Waals surface area contributed by atoms with Crippen LogP contribution in [0.1, 0.15) is 63.7 Å².